The van der Waals surface area contributed by atoms with E-state index in [1.165, 1.54) is 22.3 Å². The van der Waals surface area contributed by atoms with Crippen LogP contribution >= 0.6 is 0 Å². The molecule has 32 heavy (non-hydrogen) atoms. The lowest BCUT2D eigenvalue weighted by atomic mass is 9.98. The predicted octanol–water partition coefficient (Wildman–Crippen LogP) is 3.59. The summed E-state index contributed by atoms with van der Waals surface area (Å²) in [6.45, 7) is 2.03. The molecule has 1 aliphatic rings. The van der Waals surface area contributed by atoms with Gasteiger partial charge in [0.25, 0.3) is 0 Å². The molecule has 0 amide bonds. The predicted molar refractivity (Wildman–Crippen MR) is 126 cm³/mol. The van der Waals surface area contributed by atoms with Gasteiger partial charge in [-0.15, -0.1) is 10.2 Å². The molecule has 3 heterocycles. The van der Waals surface area contributed by atoms with Gasteiger partial charge in [0.2, 0.25) is 0 Å². The molecule has 0 saturated heterocycles. The number of guanidine groups is 1. The van der Waals surface area contributed by atoms with Crippen LogP contribution in [-0.2, 0) is 19.5 Å². The van der Waals surface area contributed by atoms with Crippen LogP contribution < -0.4 is 15.4 Å². The average molecular weight is 427 g/mol. The van der Waals surface area contributed by atoms with Crippen molar-refractivity contribution in [2.24, 2.45) is 4.99 Å². The molecule has 162 valence electrons. The molecule has 2 aromatic heterocycles. The number of aryl methyl sites for hydroxylation is 1. The largest absolute Gasteiger partial charge is 0.493 e. The maximum absolute atomic E-state index is 5.73. The summed E-state index contributed by atoms with van der Waals surface area (Å²) in [5.74, 6) is 2.58. The first kappa shape index (κ1) is 20.1. The van der Waals surface area contributed by atoms with Gasteiger partial charge in [-0.05, 0) is 59.4 Å². The molecule has 2 aromatic carbocycles. The van der Waals surface area contributed by atoms with Gasteiger partial charge in [0.05, 0.1) is 13.2 Å². The number of nitrogens with one attached hydrogen (secondary N) is 2. The summed E-state index contributed by atoms with van der Waals surface area (Å²) in [5.41, 5.74) is 5.76. The van der Waals surface area contributed by atoms with Gasteiger partial charge in [-0.2, -0.15) is 0 Å². The Morgan fingerprint density at radius 1 is 1.00 bits per heavy atom. The fourth-order valence-corrected chi connectivity index (χ4v) is 3.94. The average Bonchev–Trinajstić information content (AvgIpc) is 3.27. The summed E-state index contributed by atoms with van der Waals surface area (Å²) in [6, 6.07) is 21.0. The number of nitrogens with zero attached hydrogens (tertiary/aromatic N) is 4. The Morgan fingerprint density at radius 3 is 2.72 bits per heavy atom. The third kappa shape index (κ3) is 4.27. The monoisotopic (exact) mass is 426 g/mol. The fraction of sp³-hybridized carbons (Fsp3) is 0.240. The Labute approximate surface area is 187 Å². The van der Waals surface area contributed by atoms with E-state index in [-0.39, 0.29) is 0 Å². The van der Waals surface area contributed by atoms with Crippen LogP contribution in [0, 0.1) is 0 Å². The molecule has 7 nitrogen and oxygen atoms in total. The minimum atomic E-state index is 0.534. The highest BCUT2D eigenvalue weighted by molar-refractivity contribution is 5.79. The molecular formula is C25H26N6O. The highest BCUT2D eigenvalue weighted by atomic mass is 16.5. The normalized spacial score (nSPS) is 13.5. The van der Waals surface area contributed by atoms with E-state index < -0.39 is 0 Å². The van der Waals surface area contributed by atoms with Crippen molar-refractivity contribution in [2.45, 2.75) is 25.9 Å². The summed E-state index contributed by atoms with van der Waals surface area (Å²) in [5, 5.41) is 15.1. The molecule has 1 aliphatic heterocycles. The topological polar surface area (TPSA) is 75.8 Å². The van der Waals surface area contributed by atoms with Gasteiger partial charge in [0, 0.05) is 19.8 Å². The first-order valence-electron chi connectivity index (χ1n) is 10.9. The first-order valence-corrected chi connectivity index (χ1v) is 10.9. The van der Waals surface area contributed by atoms with Crippen molar-refractivity contribution in [2.75, 3.05) is 13.7 Å². The molecule has 0 atom stereocenters. The summed E-state index contributed by atoms with van der Waals surface area (Å²) < 4.78 is 7.69. The summed E-state index contributed by atoms with van der Waals surface area (Å²) in [6.07, 6.45) is 4.13. The van der Waals surface area contributed by atoms with Crippen molar-refractivity contribution >= 4 is 11.6 Å². The number of ether oxygens (including phenoxy) is 1. The number of benzene rings is 2. The van der Waals surface area contributed by atoms with Crippen LogP contribution in [0.2, 0.25) is 0 Å². The molecule has 7 heteroatoms. The third-order valence-electron chi connectivity index (χ3n) is 5.68. The molecule has 4 aromatic rings. The lowest BCUT2D eigenvalue weighted by molar-refractivity contribution is 0.288. The maximum atomic E-state index is 5.73. The van der Waals surface area contributed by atoms with Crippen LogP contribution in [0.1, 0.15) is 23.4 Å². The molecule has 0 spiro atoms. The third-order valence-corrected chi connectivity index (χ3v) is 5.68. The van der Waals surface area contributed by atoms with Crippen LogP contribution in [0.5, 0.6) is 5.75 Å². The van der Waals surface area contributed by atoms with Gasteiger partial charge in [-0.3, -0.25) is 9.39 Å². The van der Waals surface area contributed by atoms with Crippen LogP contribution in [0.4, 0.5) is 0 Å². The zero-order chi connectivity index (χ0) is 21.8. The maximum Gasteiger partial charge on any atom is 0.191 e. The molecule has 2 N–H and O–H groups in total. The molecule has 0 fully saturated rings. The summed E-state index contributed by atoms with van der Waals surface area (Å²) in [4.78, 5) is 4.31. The van der Waals surface area contributed by atoms with E-state index in [4.69, 9.17) is 4.74 Å². The van der Waals surface area contributed by atoms with Crippen molar-refractivity contribution in [1.82, 2.24) is 25.2 Å². The molecule has 5 rings (SSSR count). The van der Waals surface area contributed by atoms with Gasteiger partial charge < -0.3 is 15.4 Å². The van der Waals surface area contributed by atoms with Crippen LogP contribution in [0.15, 0.2) is 71.9 Å². The van der Waals surface area contributed by atoms with Crippen molar-refractivity contribution in [3.8, 4) is 16.9 Å². The lowest BCUT2D eigenvalue weighted by Crippen LogP contribution is -2.36. The number of rotatable bonds is 5. The Hall–Kier alpha value is -3.87. The number of aliphatic imine (C=N–C) groups is 1. The van der Waals surface area contributed by atoms with Gasteiger partial charge in [0.1, 0.15) is 5.75 Å². The second-order valence-electron chi connectivity index (χ2n) is 7.80. The number of hydrogen-bond donors (Lipinski definition) is 2. The highest BCUT2D eigenvalue weighted by Crippen LogP contribution is 2.30. The van der Waals surface area contributed by atoms with E-state index in [1.54, 1.807) is 7.05 Å². The van der Waals surface area contributed by atoms with Crippen molar-refractivity contribution in [3.05, 3.63) is 83.8 Å². The van der Waals surface area contributed by atoms with Gasteiger partial charge >= 0.3 is 0 Å². The van der Waals surface area contributed by atoms with E-state index >= 15 is 0 Å². The Balaban J connectivity index is 1.19. The second-order valence-corrected chi connectivity index (χ2v) is 7.80. The van der Waals surface area contributed by atoms with Crippen LogP contribution in [0.25, 0.3) is 16.8 Å². The van der Waals surface area contributed by atoms with Crippen LogP contribution in [-0.4, -0.2) is 34.2 Å². The second kappa shape index (κ2) is 9.09. The van der Waals surface area contributed by atoms with E-state index in [1.807, 2.05) is 28.8 Å². The number of aromatic nitrogens is 3. The molecular weight excluding hydrogens is 400 g/mol. The Kier molecular flexibility index (Phi) is 5.70. The summed E-state index contributed by atoms with van der Waals surface area (Å²) >= 11 is 0. The molecule has 0 unspecified atom stereocenters. The number of fused-ring (bicyclic) bond motifs is 2. The minimum Gasteiger partial charge on any atom is -0.493 e. The van der Waals surface area contributed by atoms with E-state index in [2.05, 4.69) is 68.3 Å². The number of hydrogen-bond acceptors (Lipinski definition) is 4. The molecule has 0 radical (unpaired) electrons. The summed E-state index contributed by atoms with van der Waals surface area (Å²) in [7, 11) is 1.76. The van der Waals surface area contributed by atoms with E-state index in [9.17, 15) is 0 Å². The van der Waals surface area contributed by atoms with E-state index in [0.29, 0.717) is 13.1 Å². The zero-order valence-corrected chi connectivity index (χ0v) is 18.1. The highest BCUT2D eigenvalue weighted by Gasteiger charge is 2.11. The lowest BCUT2D eigenvalue weighted by Gasteiger charge is -2.18. The van der Waals surface area contributed by atoms with Gasteiger partial charge in [-0.25, -0.2) is 0 Å². The van der Waals surface area contributed by atoms with Gasteiger partial charge in [-0.1, -0.05) is 36.4 Å². The Morgan fingerprint density at radius 2 is 1.84 bits per heavy atom. The molecule has 0 saturated carbocycles. The van der Waals surface area contributed by atoms with Gasteiger partial charge in [0.15, 0.2) is 17.4 Å². The Bertz CT molecular complexity index is 1250. The van der Waals surface area contributed by atoms with Crippen molar-refractivity contribution in [1.29, 1.82) is 0 Å². The van der Waals surface area contributed by atoms with Crippen LogP contribution in [0.3, 0.4) is 0 Å². The smallest absolute Gasteiger partial charge is 0.191 e. The zero-order valence-electron chi connectivity index (χ0n) is 18.1. The molecule has 0 bridgehead atoms. The fourth-order valence-electron chi connectivity index (χ4n) is 3.94. The number of pyridine rings is 1. The quantitative estimate of drug-likeness (QED) is 0.377. The molecule has 0 aliphatic carbocycles. The minimum absolute atomic E-state index is 0.534. The van der Waals surface area contributed by atoms with Crippen molar-refractivity contribution < 1.29 is 4.74 Å². The van der Waals surface area contributed by atoms with Crippen molar-refractivity contribution in [3.63, 3.8) is 0 Å². The first-order chi connectivity index (χ1) is 15.8. The standard InChI is InChI=1S/C25H26N6O/c1-26-25(28-17-24-30-29-23-6-2-3-13-31(23)24)27-16-18-7-9-19(10-8-18)20-11-12-22-21(15-20)5-4-14-32-22/h2-3,6-13,15H,4-5,14,16-17H2,1H3,(H2,26,27,28). The SMILES string of the molecule is CN=C(NCc1ccc(-c2ccc3c(c2)CCCO3)cc1)NCc1nnc2ccccn12. The van der Waals surface area contributed by atoms with E-state index in [0.717, 1.165) is 42.6 Å².